The van der Waals surface area contributed by atoms with Crippen LogP contribution in [0.1, 0.15) is 30.3 Å². The zero-order chi connectivity index (χ0) is 20.1. The van der Waals surface area contributed by atoms with E-state index in [1.807, 2.05) is 60.8 Å². The molecule has 1 aliphatic rings. The topological polar surface area (TPSA) is 74.5 Å². The quantitative estimate of drug-likeness (QED) is 0.591. The van der Waals surface area contributed by atoms with Crippen molar-refractivity contribution in [1.29, 1.82) is 0 Å². The maximum atomic E-state index is 12.4. The normalized spacial score (nSPS) is 17.3. The number of nitrogens with zero attached hydrogens (tertiary/aromatic N) is 4. The maximum absolute atomic E-state index is 12.4. The summed E-state index contributed by atoms with van der Waals surface area (Å²) in [5.41, 5.74) is 4.45. The number of amides is 1. The molecule has 0 saturated carbocycles. The van der Waals surface area contributed by atoms with E-state index < -0.39 is 0 Å². The van der Waals surface area contributed by atoms with E-state index in [-0.39, 0.29) is 11.9 Å². The molecule has 150 valence electrons. The predicted octanol–water partition coefficient (Wildman–Crippen LogP) is 1.94. The number of aromatic nitrogens is 2. The van der Waals surface area contributed by atoms with E-state index in [1.165, 1.54) is 11.3 Å². The first-order chi connectivity index (χ1) is 13.5. The number of rotatable bonds is 6. The van der Waals surface area contributed by atoms with E-state index in [1.54, 1.807) is 0 Å². The zero-order valence-corrected chi connectivity index (χ0v) is 17.2. The molecule has 1 fully saturated rings. The molecule has 1 aromatic heterocycles. The van der Waals surface area contributed by atoms with Gasteiger partial charge in [-0.15, -0.1) is 0 Å². The van der Waals surface area contributed by atoms with Crippen LogP contribution >= 0.6 is 0 Å². The van der Waals surface area contributed by atoms with Gasteiger partial charge in [0.1, 0.15) is 0 Å². The molecule has 1 saturated heterocycles. The molecule has 2 heterocycles. The molecule has 0 aliphatic carbocycles. The molecule has 2 aromatic rings. The average molecular weight is 383 g/mol. The van der Waals surface area contributed by atoms with Crippen molar-refractivity contribution < 1.29 is 4.79 Å². The van der Waals surface area contributed by atoms with Gasteiger partial charge in [-0.3, -0.25) is 14.5 Å². The highest BCUT2D eigenvalue weighted by atomic mass is 16.2. The lowest BCUT2D eigenvalue weighted by Gasteiger charge is -2.19. The number of aliphatic imine (C=N–C) groups is 1. The molecule has 0 bridgehead atoms. The van der Waals surface area contributed by atoms with Gasteiger partial charge in [0.05, 0.1) is 11.7 Å². The van der Waals surface area contributed by atoms with Crippen LogP contribution in [0.2, 0.25) is 0 Å². The van der Waals surface area contributed by atoms with Crippen molar-refractivity contribution in [1.82, 2.24) is 20.4 Å². The second-order valence-corrected chi connectivity index (χ2v) is 7.17. The minimum atomic E-state index is 0.0485. The lowest BCUT2D eigenvalue weighted by atomic mass is 10.1. The van der Waals surface area contributed by atoms with Crippen LogP contribution in [0, 0.1) is 13.8 Å². The Kier molecular flexibility index (Phi) is 6.34. The monoisotopic (exact) mass is 382 g/mol. The van der Waals surface area contributed by atoms with Gasteiger partial charge in [-0.05, 0) is 44.9 Å². The Balaban J connectivity index is 1.61. The van der Waals surface area contributed by atoms with Crippen LogP contribution in [-0.4, -0.2) is 47.3 Å². The number of hydrogen-bond acceptors (Lipinski definition) is 3. The minimum absolute atomic E-state index is 0.0485. The predicted molar refractivity (Wildman–Crippen MR) is 113 cm³/mol. The minimum Gasteiger partial charge on any atom is -0.357 e. The van der Waals surface area contributed by atoms with Crippen LogP contribution in [0.3, 0.4) is 0 Å². The Morgan fingerprint density at radius 1 is 1.29 bits per heavy atom. The van der Waals surface area contributed by atoms with Gasteiger partial charge in [0, 0.05) is 44.5 Å². The molecule has 1 aromatic carbocycles. The number of nitrogens with one attached hydrogen (secondary N) is 2. The summed E-state index contributed by atoms with van der Waals surface area (Å²) >= 11 is 0. The largest absolute Gasteiger partial charge is 0.357 e. The fourth-order valence-corrected chi connectivity index (χ4v) is 3.63. The molecular weight excluding hydrogens is 352 g/mol. The van der Waals surface area contributed by atoms with Gasteiger partial charge in [0.2, 0.25) is 5.91 Å². The van der Waals surface area contributed by atoms with E-state index >= 15 is 0 Å². The molecule has 3 rings (SSSR count). The Hall–Kier alpha value is -2.83. The van der Waals surface area contributed by atoms with E-state index in [0.717, 1.165) is 30.3 Å². The third-order valence-electron chi connectivity index (χ3n) is 5.17. The molecule has 7 nitrogen and oxygen atoms in total. The van der Waals surface area contributed by atoms with Crippen LogP contribution in [0.25, 0.3) is 0 Å². The Labute approximate surface area is 166 Å². The van der Waals surface area contributed by atoms with Crippen LogP contribution in [0.15, 0.2) is 35.3 Å². The Morgan fingerprint density at radius 2 is 2.04 bits per heavy atom. The lowest BCUT2D eigenvalue weighted by molar-refractivity contribution is -0.117. The fraction of sp³-hybridized carbons (Fsp3) is 0.476. The molecular formula is C21H30N6O. The highest BCUT2D eigenvalue weighted by Crippen LogP contribution is 2.21. The first-order valence-corrected chi connectivity index (χ1v) is 9.89. The van der Waals surface area contributed by atoms with Crippen molar-refractivity contribution in [3.63, 3.8) is 0 Å². The van der Waals surface area contributed by atoms with E-state index in [9.17, 15) is 4.79 Å². The molecule has 0 spiro atoms. The molecule has 0 radical (unpaired) electrons. The molecule has 1 amide bonds. The molecule has 1 aliphatic heterocycles. The lowest BCUT2D eigenvalue weighted by Crippen LogP contribution is -2.44. The summed E-state index contributed by atoms with van der Waals surface area (Å²) in [6.07, 6.45) is 1.32. The number of benzene rings is 1. The van der Waals surface area contributed by atoms with Crippen molar-refractivity contribution in [3.8, 4) is 0 Å². The number of guanidine groups is 1. The van der Waals surface area contributed by atoms with Gasteiger partial charge in [-0.25, -0.2) is 0 Å². The standard InChI is InChI=1S/C21H30N6O/c1-5-22-21(23-12-11-19-15(2)25-26(4)16(19)3)24-17-13-20(28)27(14-17)18-9-7-6-8-10-18/h6-10,17H,5,11-14H2,1-4H3,(H2,22,23,24). The first-order valence-electron chi connectivity index (χ1n) is 9.89. The fourth-order valence-electron chi connectivity index (χ4n) is 3.63. The van der Waals surface area contributed by atoms with E-state index in [4.69, 9.17) is 4.99 Å². The first kappa shape index (κ1) is 19.9. The number of aryl methyl sites for hydroxylation is 2. The summed E-state index contributed by atoms with van der Waals surface area (Å²) in [5, 5.41) is 11.2. The van der Waals surface area contributed by atoms with Gasteiger partial charge in [0.15, 0.2) is 5.96 Å². The van der Waals surface area contributed by atoms with E-state index in [2.05, 4.69) is 22.7 Å². The second-order valence-electron chi connectivity index (χ2n) is 7.17. The summed E-state index contributed by atoms with van der Waals surface area (Å²) in [7, 11) is 1.97. The molecule has 2 N–H and O–H groups in total. The van der Waals surface area contributed by atoms with Crippen LogP contribution in [0.5, 0.6) is 0 Å². The van der Waals surface area contributed by atoms with Gasteiger partial charge < -0.3 is 15.5 Å². The van der Waals surface area contributed by atoms with Gasteiger partial charge in [-0.1, -0.05) is 18.2 Å². The van der Waals surface area contributed by atoms with Crippen LogP contribution in [0.4, 0.5) is 5.69 Å². The molecule has 28 heavy (non-hydrogen) atoms. The van der Waals surface area contributed by atoms with Gasteiger partial charge in [0.25, 0.3) is 0 Å². The number of carbonyl (C=O) groups excluding carboxylic acids is 1. The summed E-state index contributed by atoms with van der Waals surface area (Å²) in [6.45, 7) is 8.27. The van der Waals surface area contributed by atoms with Crippen molar-refractivity contribution in [2.45, 2.75) is 39.7 Å². The number of para-hydroxylation sites is 1. The Bertz CT molecular complexity index is 842. The van der Waals surface area contributed by atoms with Crippen molar-refractivity contribution in [3.05, 3.63) is 47.3 Å². The van der Waals surface area contributed by atoms with Crippen molar-refractivity contribution >= 4 is 17.6 Å². The summed E-state index contributed by atoms with van der Waals surface area (Å²) < 4.78 is 1.92. The summed E-state index contributed by atoms with van der Waals surface area (Å²) in [6, 6.07) is 9.86. The third kappa shape index (κ3) is 4.52. The van der Waals surface area contributed by atoms with Gasteiger partial charge in [-0.2, -0.15) is 5.10 Å². The van der Waals surface area contributed by atoms with Gasteiger partial charge >= 0.3 is 0 Å². The molecule has 1 atom stereocenters. The highest BCUT2D eigenvalue weighted by molar-refractivity contribution is 5.97. The number of hydrogen-bond donors (Lipinski definition) is 2. The molecule has 1 unspecified atom stereocenters. The SMILES string of the molecule is CCNC(=NCCc1c(C)nn(C)c1C)NC1CC(=O)N(c2ccccc2)C1. The number of anilines is 1. The summed E-state index contributed by atoms with van der Waals surface area (Å²) in [5.74, 6) is 0.899. The summed E-state index contributed by atoms with van der Waals surface area (Å²) in [4.78, 5) is 19.0. The third-order valence-corrected chi connectivity index (χ3v) is 5.17. The van der Waals surface area contributed by atoms with Crippen LogP contribution in [-0.2, 0) is 18.3 Å². The van der Waals surface area contributed by atoms with Crippen molar-refractivity contribution in [2.24, 2.45) is 12.0 Å². The molecule has 7 heteroatoms. The van der Waals surface area contributed by atoms with Crippen molar-refractivity contribution in [2.75, 3.05) is 24.5 Å². The van der Waals surface area contributed by atoms with Crippen LogP contribution < -0.4 is 15.5 Å². The van der Waals surface area contributed by atoms with E-state index in [0.29, 0.717) is 19.5 Å². The second kappa shape index (κ2) is 8.91. The maximum Gasteiger partial charge on any atom is 0.229 e. The smallest absolute Gasteiger partial charge is 0.229 e. The highest BCUT2D eigenvalue weighted by Gasteiger charge is 2.31. The zero-order valence-electron chi connectivity index (χ0n) is 17.2. The average Bonchev–Trinajstić information content (AvgIpc) is 3.16. The Morgan fingerprint density at radius 3 is 2.68 bits per heavy atom. The number of carbonyl (C=O) groups is 1.